The van der Waals surface area contributed by atoms with E-state index in [0.29, 0.717) is 16.3 Å². The first-order chi connectivity index (χ1) is 13.6. The molecule has 0 saturated heterocycles. The molecule has 1 aliphatic rings. The number of ether oxygens (including phenoxy) is 3. The minimum Gasteiger partial charge on any atom is -0.465 e. The van der Waals surface area contributed by atoms with Crippen molar-refractivity contribution in [2.24, 2.45) is 4.99 Å². The molecule has 0 spiro atoms. The van der Waals surface area contributed by atoms with E-state index in [0.717, 1.165) is 10.2 Å². The van der Waals surface area contributed by atoms with Crippen molar-refractivity contribution in [2.75, 3.05) is 13.9 Å². The number of hydrogen-bond donors (Lipinski definition) is 0. The van der Waals surface area contributed by atoms with Gasteiger partial charge in [0.2, 0.25) is 6.79 Å². The summed E-state index contributed by atoms with van der Waals surface area (Å²) in [4.78, 5) is 29.4. The number of carbonyl (C=O) groups excluding carboxylic acids is 2. The highest BCUT2D eigenvalue weighted by Crippen LogP contribution is 2.36. The fraction of sp³-hybridized carbons (Fsp3) is 0.150. The molecule has 0 radical (unpaired) electrons. The van der Waals surface area contributed by atoms with Crippen molar-refractivity contribution in [2.45, 2.75) is 6.54 Å². The predicted molar refractivity (Wildman–Crippen MR) is 102 cm³/mol. The first kappa shape index (κ1) is 17.8. The Balaban J connectivity index is 1.86. The molecule has 0 atom stereocenters. The number of hydrogen-bond acceptors (Lipinski definition) is 6. The molecule has 0 unspecified atom stereocenters. The van der Waals surface area contributed by atoms with E-state index in [4.69, 9.17) is 20.6 Å². The fourth-order valence-electron chi connectivity index (χ4n) is 2.89. The highest BCUT2D eigenvalue weighted by Gasteiger charge is 2.19. The number of carbonyl (C=O) groups is 2. The number of fused-ring (bicyclic) bond motifs is 2. The standard InChI is InChI=1S/C20H14N2O5S/c1-3-8-22-14-9-15-16(27-11-26-15)10-17(14)28-20(22)21-18(23)12-6-4-5-7-13(12)19(24)25-2/h1,4-7,9-10H,8,11H2,2H3. The second-order valence-corrected chi connectivity index (χ2v) is 6.81. The Bertz CT molecular complexity index is 1220. The van der Waals surface area contributed by atoms with E-state index in [9.17, 15) is 9.59 Å². The summed E-state index contributed by atoms with van der Waals surface area (Å²) in [6, 6.07) is 10.0. The van der Waals surface area contributed by atoms with Gasteiger partial charge in [-0.3, -0.25) is 4.79 Å². The van der Waals surface area contributed by atoms with E-state index in [2.05, 4.69) is 10.9 Å². The van der Waals surface area contributed by atoms with Crippen LogP contribution in [-0.2, 0) is 11.3 Å². The lowest BCUT2D eigenvalue weighted by molar-refractivity contribution is 0.0597. The molecular weight excluding hydrogens is 380 g/mol. The second-order valence-electron chi connectivity index (χ2n) is 5.80. The normalized spacial score (nSPS) is 12.8. The average Bonchev–Trinajstić information content (AvgIpc) is 3.30. The van der Waals surface area contributed by atoms with Gasteiger partial charge < -0.3 is 18.8 Å². The molecule has 1 aromatic heterocycles. The summed E-state index contributed by atoms with van der Waals surface area (Å²) in [7, 11) is 1.26. The zero-order valence-electron chi connectivity index (χ0n) is 14.8. The zero-order chi connectivity index (χ0) is 19.7. The van der Waals surface area contributed by atoms with Gasteiger partial charge >= 0.3 is 5.97 Å². The second kappa shape index (κ2) is 7.21. The lowest BCUT2D eigenvalue weighted by atomic mass is 10.1. The number of esters is 1. The quantitative estimate of drug-likeness (QED) is 0.504. The van der Waals surface area contributed by atoms with Crippen LogP contribution >= 0.6 is 11.3 Å². The number of terminal acetylenes is 1. The van der Waals surface area contributed by atoms with Crippen molar-refractivity contribution in [3.05, 3.63) is 52.3 Å². The summed E-state index contributed by atoms with van der Waals surface area (Å²) in [5.74, 6) is 2.67. The molecule has 0 N–H and O–H groups in total. The fourth-order valence-corrected chi connectivity index (χ4v) is 3.93. The Hall–Kier alpha value is -3.57. The van der Waals surface area contributed by atoms with Crippen LogP contribution in [0.3, 0.4) is 0 Å². The third-order valence-electron chi connectivity index (χ3n) is 4.19. The van der Waals surface area contributed by atoms with Gasteiger partial charge in [0.1, 0.15) is 0 Å². The largest absolute Gasteiger partial charge is 0.465 e. The molecule has 3 aromatic rings. The third-order valence-corrected chi connectivity index (χ3v) is 5.23. The molecule has 28 heavy (non-hydrogen) atoms. The lowest BCUT2D eigenvalue weighted by Gasteiger charge is -2.04. The topological polar surface area (TPSA) is 79.1 Å². The van der Waals surface area contributed by atoms with Gasteiger partial charge in [0.05, 0.1) is 35.0 Å². The number of amides is 1. The van der Waals surface area contributed by atoms with Crippen molar-refractivity contribution in [1.82, 2.24) is 4.57 Å². The van der Waals surface area contributed by atoms with E-state index >= 15 is 0 Å². The van der Waals surface area contributed by atoms with Gasteiger partial charge in [-0.1, -0.05) is 29.4 Å². The minimum atomic E-state index is -0.599. The van der Waals surface area contributed by atoms with Gasteiger partial charge in [-0.25, -0.2) is 4.79 Å². The first-order valence-electron chi connectivity index (χ1n) is 8.25. The van der Waals surface area contributed by atoms with Gasteiger partial charge in [-0.05, 0) is 12.1 Å². The minimum absolute atomic E-state index is 0.157. The van der Waals surface area contributed by atoms with Crippen molar-refractivity contribution in [3.8, 4) is 23.8 Å². The number of thiazole rings is 1. The molecule has 1 amide bonds. The molecule has 4 rings (SSSR count). The van der Waals surface area contributed by atoms with Crippen LogP contribution in [-0.4, -0.2) is 30.3 Å². The smallest absolute Gasteiger partial charge is 0.338 e. The van der Waals surface area contributed by atoms with Crippen LogP contribution in [0.5, 0.6) is 11.5 Å². The highest BCUT2D eigenvalue weighted by atomic mass is 32.1. The molecule has 2 aromatic carbocycles. The molecule has 1 aliphatic heterocycles. The molecule has 7 nitrogen and oxygen atoms in total. The number of methoxy groups -OCH3 is 1. The highest BCUT2D eigenvalue weighted by molar-refractivity contribution is 7.16. The van der Waals surface area contributed by atoms with E-state index < -0.39 is 11.9 Å². The summed E-state index contributed by atoms with van der Waals surface area (Å²) >= 11 is 1.30. The molecular formula is C20H14N2O5S. The van der Waals surface area contributed by atoms with Crippen molar-refractivity contribution in [3.63, 3.8) is 0 Å². The van der Waals surface area contributed by atoms with Crippen molar-refractivity contribution < 1.29 is 23.8 Å². The number of aromatic nitrogens is 1. The van der Waals surface area contributed by atoms with Crippen LogP contribution in [0.4, 0.5) is 0 Å². The van der Waals surface area contributed by atoms with Crippen LogP contribution in [0.2, 0.25) is 0 Å². The van der Waals surface area contributed by atoms with Gasteiger partial charge in [0.15, 0.2) is 16.3 Å². The van der Waals surface area contributed by atoms with Crippen LogP contribution in [0, 0.1) is 12.3 Å². The maximum Gasteiger partial charge on any atom is 0.338 e. The summed E-state index contributed by atoms with van der Waals surface area (Å²) < 4.78 is 18.2. The van der Waals surface area contributed by atoms with Crippen LogP contribution < -0.4 is 14.3 Å². The van der Waals surface area contributed by atoms with Crippen LogP contribution in [0.1, 0.15) is 20.7 Å². The Kier molecular flexibility index (Phi) is 4.59. The van der Waals surface area contributed by atoms with Crippen LogP contribution in [0.15, 0.2) is 41.4 Å². The Morgan fingerprint density at radius 2 is 1.96 bits per heavy atom. The molecule has 0 aliphatic carbocycles. The number of benzene rings is 2. The number of rotatable bonds is 3. The summed E-state index contributed by atoms with van der Waals surface area (Å²) in [6.07, 6.45) is 5.51. The van der Waals surface area contributed by atoms with Crippen molar-refractivity contribution in [1.29, 1.82) is 0 Å². The van der Waals surface area contributed by atoms with E-state index in [1.807, 2.05) is 12.1 Å². The Morgan fingerprint density at radius 3 is 2.68 bits per heavy atom. The lowest BCUT2D eigenvalue weighted by Crippen LogP contribution is -2.17. The van der Waals surface area contributed by atoms with Gasteiger partial charge in [0.25, 0.3) is 5.91 Å². The molecule has 8 heteroatoms. The Morgan fingerprint density at radius 1 is 1.25 bits per heavy atom. The Labute approximate surface area is 163 Å². The van der Waals surface area contributed by atoms with Gasteiger partial charge in [-0.15, -0.1) is 6.42 Å². The van der Waals surface area contributed by atoms with Gasteiger partial charge in [-0.2, -0.15) is 4.99 Å². The average molecular weight is 394 g/mol. The molecule has 0 fully saturated rings. The predicted octanol–water partition coefficient (Wildman–Crippen LogP) is 2.59. The third kappa shape index (κ3) is 3.02. The van der Waals surface area contributed by atoms with Gasteiger partial charge in [0, 0.05) is 12.1 Å². The number of nitrogens with zero attached hydrogens (tertiary/aromatic N) is 2. The first-order valence-corrected chi connectivity index (χ1v) is 9.07. The molecule has 0 bridgehead atoms. The van der Waals surface area contributed by atoms with E-state index in [1.165, 1.54) is 30.6 Å². The maximum atomic E-state index is 12.8. The molecule has 140 valence electrons. The van der Waals surface area contributed by atoms with Crippen LogP contribution in [0.25, 0.3) is 10.2 Å². The summed E-state index contributed by atoms with van der Waals surface area (Å²) in [5, 5.41) is 0. The van der Waals surface area contributed by atoms with E-state index in [-0.39, 0.29) is 24.5 Å². The monoisotopic (exact) mass is 394 g/mol. The zero-order valence-corrected chi connectivity index (χ0v) is 15.6. The summed E-state index contributed by atoms with van der Waals surface area (Å²) in [6.45, 7) is 0.395. The molecule has 2 heterocycles. The maximum absolute atomic E-state index is 12.8. The molecule has 0 saturated carbocycles. The van der Waals surface area contributed by atoms with E-state index in [1.54, 1.807) is 16.7 Å². The SMILES string of the molecule is C#CCn1c(=NC(=O)c2ccccc2C(=O)OC)sc2cc3c(cc21)OCO3. The van der Waals surface area contributed by atoms with Crippen molar-refractivity contribution >= 4 is 33.4 Å². The summed E-state index contributed by atoms with van der Waals surface area (Å²) in [5.41, 5.74) is 1.11.